The highest BCUT2D eigenvalue weighted by molar-refractivity contribution is 9.10. The van der Waals surface area contributed by atoms with Crippen molar-refractivity contribution in [3.05, 3.63) is 85.9 Å². The summed E-state index contributed by atoms with van der Waals surface area (Å²) in [7, 11) is 1.85. The lowest BCUT2D eigenvalue weighted by Gasteiger charge is -2.17. The van der Waals surface area contributed by atoms with Gasteiger partial charge in [-0.15, -0.1) is 0 Å². The number of hydrogen-bond donors (Lipinski definition) is 0. The van der Waals surface area contributed by atoms with E-state index >= 15 is 0 Å². The molecule has 0 aromatic carbocycles. The number of pyridine rings is 3. The molecule has 0 bridgehead atoms. The lowest BCUT2D eigenvalue weighted by Crippen LogP contribution is -2.23. The summed E-state index contributed by atoms with van der Waals surface area (Å²) in [5.74, 6) is 0.798. The molecular weight excluding hydrogens is 494 g/mol. The maximum absolute atomic E-state index is 13.4. The van der Waals surface area contributed by atoms with Crippen molar-refractivity contribution in [1.29, 1.82) is 0 Å². The highest BCUT2D eigenvalue weighted by Crippen LogP contribution is 2.29. The zero-order chi connectivity index (χ0) is 24.6. The van der Waals surface area contributed by atoms with E-state index in [4.69, 9.17) is 4.74 Å². The maximum atomic E-state index is 13.4. The van der Waals surface area contributed by atoms with Gasteiger partial charge in [0.1, 0.15) is 16.8 Å². The Labute approximate surface area is 207 Å². The molecule has 0 atom stereocenters. The van der Waals surface area contributed by atoms with Crippen LogP contribution in [0.15, 0.2) is 52.1 Å². The van der Waals surface area contributed by atoms with E-state index in [0.717, 1.165) is 45.2 Å². The van der Waals surface area contributed by atoms with Gasteiger partial charge in [-0.05, 0) is 71.9 Å². The van der Waals surface area contributed by atoms with Crippen LogP contribution in [0.1, 0.15) is 48.0 Å². The summed E-state index contributed by atoms with van der Waals surface area (Å²) >= 11 is 3.46. The molecule has 0 saturated carbocycles. The van der Waals surface area contributed by atoms with Gasteiger partial charge in [-0.3, -0.25) is 24.0 Å². The van der Waals surface area contributed by atoms with Gasteiger partial charge in [0, 0.05) is 48.7 Å². The van der Waals surface area contributed by atoms with E-state index < -0.39 is 0 Å². The first kappa shape index (κ1) is 23.9. The second-order valence-corrected chi connectivity index (χ2v) is 9.60. The van der Waals surface area contributed by atoms with Crippen molar-refractivity contribution < 1.29 is 4.74 Å². The summed E-state index contributed by atoms with van der Waals surface area (Å²) in [6, 6.07) is 7.80. The van der Waals surface area contributed by atoms with Gasteiger partial charge in [-0.25, -0.2) is 0 Å². The van der Waals surface area contributed by atoms with Crippen molar-refractivity contribution in [2.24, 2.45) is 7.05 Å². The molecule has 0 radical (unpaired) electrons. The van der Waals surface area contributed by atoms with E-state index in [9.17, 15) is 4.79 Å². The molecule has 176 valence electrons. The van der Waals surface area contributed by atoms with Crippen molar-refractivity contribution in [2.45, 2.75) is 47.1 Å². The number of ether oxygens (including phenoxy) is 1. The standard InChI is InChI=1S/C26H28BrN5O2/c1-15(2)21-10-20(16(3)12-28-21)22-11-23(17(4)13-29-22)32-18(5)9-24(25(27)26(32)33)34-14-19-7-8-31(6)30-19/h7-13,15H,14H2,1-6H3. The number of rotatable bonds is 6. The molecule has 0 aliphatic heterocycles. The largest absolute Gasteiger partial charge is 0.486 e. The number of hydrogen-bond acceptors (Lipinski definition) is 5. The van der Waals surface area contributed by atoms with Crippen LogP contribution in [0, 0.1) is 20.8 Å². The van der Waals surface area contributed by atoms with Crippen LogP contribution < -0.4 is 10.3 Å². The Hall–Kier alpha value is -3.26. The second-order valence-electron chi connectivity index (χ2n) is 8.81. The molecule has 4 rings (SSSR count). The van der Waals surface area contributed by atoms with E-state index in [0.29, 0.717) is 16.1 Å². The van der Waals surface area contributed by atoms with Crippen molar-refractivity contribution >= 4 is 15.9 Å². The minimum Gasteiger partial charge on any atom is -0.486 e. The van der Waals surface area contributed by atoms with E-state index in [1.54, 1.807) is 9.25 Å². The van der Waals surface area contributed by atoms with Gasteiger partial charge in [-0.2, -0.15) is 5.10 Å². The average molecular weight is 522 g/mol. The maximum Gasteiger partial charge on any atom is 0.273 e. The predicted octanol–water partition coefficient (Wildman–Crippen LogP) is 5.42. The van der Waals surface area contributed by atoms with Gasteiger partial charge >= 0.3 is 0 Å². The molecule has 7 nitrogen and oxygen atoms in total. The summed E-state index contributed by atoms with van der Waals surface area (Å²) in [6.45, 7) is 10.4. The predicted molar refractivity (Wildman–Crippen MR) is 137 cm³/mol. The Kier molecular flexibility index (Phi) is 6.70. The molecule has 4 aromatic heterocycles. The molecule has 4 aromatic rings. The fourth-order valence-electron chi connectivity index (χ4n) is 3.81. The lowest BCUT2D eigenvalue weighted by atomic mass is 10.0. The molecule has 0 fully saturated rings. The summed E-state index contributed by atoms with van der Waals surface area (Å²) in [5.41, 5.74) is 6.92. The molecule has 0 aliphatic rings. The Balaban J connectivity index is 1.76. The third-order valence-electron chi connectivity index (χ3n) is 5.75. The van der Waals surface area contributed by atoms with Gasteiger partial charge < -0.3 is 4.74 Å². The summed E-state index contributed by atoms with van der Waals surface area (Å²) in [4.78, 5) is 22.6. The van der Waals surface area contributed by atoms with Gasteiger partial charge in [0.25, 0.3) is 5.56 Å². The molecule has 0 saturated heterocycles. The molecule has 0 N–H and O–H groups in total. The summed E-state index contributed by atoms with van der Waals surface area (Å²) in [6.07, 6.45) is 5.55. The highest BCUT2D eigenvalue weighted by Gasteiger charge is 2.17. The van der Waals surface area contributed by atoms with Gasteiger partial charge in [0.2, 0.25) is 0 Å². The molecule has 34 heavy (non-hydrogen) atoms. The molecule has 8 heteroatoms. The molecule has 0 aliphatic carbocycles. The SMILES string of the molecule is Cc1cnc(C(C)C)cc1-c1cc(-n2c(C)cc(OCc3ccn(C)n3)c(Br)c2=O)c(C)cn1. The Bertz CT molecular complexity index is 1420. The minimum absolute atomic E-state index is 0.189. The monoisotopic (exact) mass is 521 g/mol. The first-order valence-electron chi connectivity index (χ1n) is 11.1. The van der Waals surface area contributed by atoms with Crippen LogP contribution in [-0.4, -0.2) is 24.3 Å². The smallest absolute Gasteiger partial charge is 0.273 e. The van der Waals surface area contributed by atoms with Crippen molar-refractivity contribution in [3.63, 3.8) is 0 Å². The van der Waals surface area contributed by atoms with Crippen LogP contribution >= 0.6 is 15.9 Å². The number of nitrogens with zero attached hydrogens (tertiary/aromatic N) is 5. The number of halogens is 1. The van der Waals surface area contributed by atoms with Crippen LogP contribution in [-0.2, 0) is 13.7 Å². The zero-order valence-corrected chi connectivity index (χ0v) is 21.8. The quantitative estimate of drug-likeness (QED) is 0.338. The third-order valence-corrected chi connectivity index (χ3v) is 6.48. The van der Waals surface area contributed by atoms with E-state index in [2.05, 4.69) is 50.9 Å². The van der Waals surface area contributed by atoms with Crippen molar-refractivity contribution in [3.8, 4) is 22.7 Å². The fraction of sp³-hybridized carbons (Fsp3) is 0.308. The Morgan fingerprint density at radius 1 is 1.06 bits per heavy atom. The molecular formula is C26H28BrN5O2. The number of aromatic nitrogens is 5. The first-order valence-corrected chi connectivity index (χ1v) is 11.9. The lowest BCUT2D eigenvalue weighted by molar-refractivity contribution is 0.296. The van der Waals surface area contributed by atoms with E-state index in [-0.39, 0.29) is 12.2 Å². The van der Waals surface area contributed by atoms with Crippen molar-refractivity contribution in [1.82, 2.24) is 24.3 Å². The van der Waals surface area contributed by atoms with Gasteiger partial charge in [0.05, 0.1) is 17.1 Å². The van der Waals surface area contributed by atoms with Gasteiger partial charge in [-0.1, -0.05) is 13.8 Å². The van der Waals surface area contributed by atoms with E-state index in [1.807, 2.05) is 64.6 Å². The Morgan fingerprint density at radius 2 is 1.79 bits per heavy atom. The van der Waals surface area contributed by atoms with Crippen LogP contribution in [0.25, 0.3) is 16.9 Å². The van der Waals surface area contributed by atoms with E-state index in [1.165, 1.54) is 0 Å². The molecule has 0 amide bonds. The Morgan fingerprint density at radius 3 is 2.47 bits per heavy atom. The van der Waals surface area contributed by atoms with Crippen LogP contribution in [0.3, 0.4) is 0 Å². The van der Waals surface area contributed by atoms with Crippen LogP contribution in [0.2, 0.25) is 0 Å². The average Bonchev–Trinajstić information content (AvgIpc) is 3.22. The third kappa shape index (κ3) is 4.68. The first-order chi connectivity index (χ1) is 16.2. The van der Waals surface area contributed by atoms with Crippen LogP contribution in [0.5, 0.6) is 5.75 Å². The van der Waals surface area contributed by atoms with Crippen molar-refractivity contribution in [2.75, 3.05) is 0 Å². The highest BCUT2D eigenvalue weighted by atomic mass is 79.9. The molecule has 0 spiro atoms. The minimum atomic E-state index is -0.189. The fourth-order valence-corrected chi connectivity index (χ4v) is 4.22. The zero-order valence-electron chi connectivity index (χ0n) is 20.3. The van der Waals surface area contributed by atoms with Gasteiger partial charge in [0.15, 0.2) is 0 Å². The number of aryl methyl sites for hydroxylation is 4. The molecule has 4 heterocycles. The second kappa shape index (κ2) is 9.54. The summed E-state index contributed by atoms with van der Waals surface area (Å²) < 4.78 is 9.69. The summed E-state index contributed by atoms with van der Waals surface area (Å²) in [5, 5.41) is 4.32. The normalized spacial score (nSPS) is 11.3. The topological polar surface area (TPSA) is 74.8 Å². The van der Waals surface area contributed by atoms with Crippen LogP contribution in [0.4, 0.5) is 0 Å². The molecule has 0 unspecified atom stereocenters.